The number of H-pyrrole nitrogens is 1. The van der Waals surface area contributed by atoms with Gasteiger partial charge in [-0.2, -0.15) is 0 Å². The van der Waals surface area contributed by atoms with Crippen molar-refractivity contribution in [2.45, 2.75) is 32.2 Å². The van der Waals surface area contributed by atoms with Crippen molar-refractivity contribution < 1.29 is 9.90 Å². The van der Waals surface area contributed by atoms with E-state index in [2.05, 4.69) is 5.10 Å². The Kier molecular flexibility index (Phi) is 3.66. The molecule has 1 aliphatic carbocycles. The lowest BCUT2D eigenvalue weighted by Crippen LogP contribution is -2.37. The Labute approximate surface area is 126 Å². The van der Waals surface area contributed by atoms with Crippen LogP contribution >= 0.6 is 0 Å². The van der Waals surface area contributed by atoms with E-state index in [1.165, 1.54) is 16.8 Å². The van der Waals surface area contributed by atoms with Crippen LogP contribution in [0, 0.1) is 0 Å². The van der Waals surface area contributed by atoms with E-state index in [0.29, 0.717) is 29.5 Å². The molecule has 0 spiro atoms. The molecule has 0 saturated heterocycles. The lowest BCUT2D eigenvalue weighted by Gasteiger charge is -2.16. The van der Waals surface area contributed by atoms with Crippen molar-refractivity contribution in [1.29, 1.82) is 0 Å². The summed E-state index contributed by atoms with van der Waals surface area (Å²) in [6.45, 7) is 0.155. The van der Waals surface area contributed by atoms with Crippen molar-refractivity contribution in [2.24, 2.45) is 0 Å². The van der Waals surface area contributed by atoms with E-state index in [1.807, 2.05) is 0 Å². The molecule has 2 N–H and O–H groups in total. The fraction of sp³-hybridized carbons (Fsp3) is 0.312. The maximum atomic E-state index is 12.5. The van der Waals surface area contributed by atoms with Crippen LogP contribution in [0.25, 0.3) is 0 Å². The number of nitrogens with zero attached hydrogens (tertiary/aromatic N) is 1. The Morgan fingerprint density at radius 1 is 1.18 bits per heavy atom. The van der Waals surface area contributed by atoms with Gasteiger partial charge in [0.25, 0.3) is 11.1 Å². The quantitative estimate of drug-likeness (QED) is 0.889. The average molecular weight is 300 g/mol. The number of aromatic nitrogens is 2. The lowest BCUT2D eigenvalue weighted by molar-refractivity contribution is 0.0696. The van der Waals surface area contributed by atoms with Gasteiger partial charge in [0.1, 0.15) is 0 Å². The fourth-order valence-corrected chi connectivity index (χ4v) is 2.89. The molecule has 1 heterocycles. The standard InChI is InChI=1S/C16H16N2O4/c19-14-12-6-1-2-7-13(12)15(20)18(17-14)9-10-4-3-5-11(8-10)16(21)22/h3-5,8H,1-2,6-7,9H2,(H,17,19)(H,21,22). The third-order valence-corrected chi connectivity index (χ3v) is 4.00. The van der Waals surface area contributed by atoms with E-state index in [-0.39, 0.29) is 23.2 Å². The van der Waals surface area contributed by atoms with Crippen LogP contribution < -0.4 is 11.1 Å². The predicted octanol–water partition coefficient (Wildman–Crippen LogP) is 1.16. The van der Waals surface area contributed by atoms with Gasteiger partial charge in [-0.1, -0.05) is 12.1 Å². The van der Waals surface area contributed by atoms with Gasteiger partial charge < -0.3 is 5.11 Å². The number of hydrogen-bond donors (Lipinski definition) is 2. The molecule has 3 rings (SSSR count). The van der Waals surface area contributed by atoms with Gasteiger partial charge in [-0.3, -0.25) is 14.7 Å². The second kappa shape index (κ2) is 5.63. The molecule has 0 atom stereocenters. The highest BCUT2D eigenvalue weighted by Gasteiger charge is 2.18. The van der Waals surface area contributed by atoms with E-state index < -0.39 is 5.97 Å². The molecule has 2 aromatic rings. The van der Waals surface area contributed by atoms with Crippen molar-refractivity contribution in [3.05, 3.63) is 67.2 Å². The van der Waals surface area contributed by atoms with E-state index in [9.17, 15) is 14.4 Å². The summed E-state index contributed by atoms with van der Waals surface area (Å²) in [6, 6.07) is 6.35. The SMILES string of the molecule is O=C(O)c1cccc(Cn2[nH]c(=O)c3c(c2=O)CCCC3)c1. The van der Waals surface area contributed by atoms with Gasteiger partial charge in [-0.25, -0.2) is 9.48 Å². The van der Waals surface area contributed by atoms with Crippen LogP contribution in [0.3, 0.4) is 0 Å². The molecule has 1 aromatic carbocycles. The van der Waals surface area contributed by atoms with Crippen molar-refractivity contribution in [3.63, 3.8) is 0 Å². The van der Waals surface area contributed by atoms with E-state index in [4.69, 9.17) is 5.11 Å². The smallest absolute Gasteiger partial charge is 0.335 e. The second-order valence-electron chi connectivity index (χ2n) is 5.50. The number of carbonyl (C=O) groups is 1. The highest BCUT2D eigenvalue weighted by Crippen LogP contribution is 2.14. The third-order valence-electron chi connectivity index (χ3n) is 4.00. The minimum Gasteiger partial charge on any atom is -0.478 e. The predicted molar refractivity (Wildman–Crippen MR) is 80.5 cm³/mol. The second-order valence-corrected chi connectivity index (χ2v) is 5.50. The van der Waals surface area contributed by atoms with Gasteiger partial charge in [-0.15, -0.1) is 0 Å². The molecule has 1 aromatic heterocycles. The van der Waals surface area contributed by atoms with Crippen LogP contribution in [0.5, 0.6) is 0 Å². The molecule has 0 amide bonds. The molecule has 114 valence electrons. The number of carboxylic acids is 1. The number of fused-ring (bicyclic) bond motifs is 1. The number of aromatic amines is 1. The summed E-state index contributed by atoms with van der Waals surface area (Å²) < 4.78 is 1.27. The van der Waals surface area contributed by atoms with Gasteiger partial charge in [0, 0.05) is 11.1 Å². The maximum Gasteiger partial charge on any atom is 0.335 e. The maximum absolute atomic E-state index is 12.5. The van der Waals surface area contributed by atoms with Crippen molar-refractivity contribution in [3.8, 4) is 0 Å². The Balaban J connectivity index is 2.01. The highest BCUT2D eigenvalue weighted by atomic mass is 16.4. The third kappa shape index (κ3) is 2.59. The minimum atomic E-state index is -1.02. The number of nitrogens with one attached hydrogen (secondary N) is 1. The molecular formula is C16H16N2O4. The first-order chi connectivity index (χ1) is 10.6. The van der Waals surface area contributed by atoms with Gasteiger partial charge >= 0.3 is 5.97 Å². The van der Waals surface area contributed by atoms with Crippen LogP contribution in [0.15, 0.2) is 33.9 Å². The number of carboxylic acid groups (broad SMARTS) is 1. The molecular weight excluding hydrogens is 284 g/mol. The lowest BCUT2D eigenvalue weighted by atomic mass is 9.94. The van der Waals surface area contributed by atoms with Gasteiger partial charge in [0.05, 0.1) is 12.1 Å². The Morgan fingerprint density at radius 2 is 1.91 bits per heavy atom. The van der Waals surface area contributed by atoms with Crippen molar-refractivity contribution in [2.75, 3.05) is 0 Å². The first-order valence-corrected chi connectivity index (χ1v) is 7.23. The molecule has 0 bridgehead atoms. The summed E-state index contributed by atoms with van der Waals surface area (Å²) in [5.74, 6) is -1.02. The fourth-order valence-electron chi connectivity index (χ4n) is 2.89. The van der Waals surface area contributed by atoms with Gasteiger partial charge in [0.15, 0.2) is 0 Å². The largest absolute Gasteiger partial charge is 0.478 e. The topological polar surface area (TPSA) is 92.2 Å². The molecule has 6 nitrogen and oxygen atoms in total. The molecule has 22 heavy (non-hydrogen) atoms. The summed E-state index contributed by atoms with van der Waals surface area (Å²) in [5.41, 5.74) is 1.62. The highest BCUT2D eigenvalue weighted by molar-refractivity contribution is 5.87. The van der Waals surface area contributed by atoms with E-state index in [1.54, 1.807) is 12.1 Å². The molecule has 0 fully saturated rings. The molecule has 0 aliphatic heterocycles. The minimum absolute atomic E-state index is 0.155. The van der Waals surface area contributed by atoms with Gasteiger partial charge in [0.2, 0.25) is 0 Å². The zero-order valence-corrected chi connectivity index (χ0v) is 12.0. The first-order valence-electron chi connectivity index (χ1n) is 7.23. The van der Waals surface area contributed by atoms with Crippen LogP contribution in [-0.4, -0.2) is 20.9 Å². The Morgan fingerprint density at radius 3 is 2.64 bits per heavy atom. The first kappa shape index (κ1) is 14.3. The number of rotatable bonds is 3. The summed E-state index contributed by atoms with van der Waals surface area (Å²) in [7, 11) is 0. The van der Waals surface area contributed by atoms with Crippen LogP contribution in [-0.2, 0) is 19.4 Å². The summed E-state index contributed by atoms with van der Waals surface area (Å²) >= 11 is 0. The molecule has 0 radical (unpaired) electrons. The van der Waals surface area contributed by atoms with E-state index in [0.717, 1.165) is 12.8 Å². The number of hydrogen-bond acceptors (Lipinski definition) is 3. The molecule has 6 heteroatoms. The summed E-state index contributed by atoms with van der Waals surface area (Å²) in [5, 5.41) is 11.6. The molecule has 0 unspecified atom stereocenters. The zero-order valence-electron chi connectivity index (χ0n) is 12.0. The summed E-state index contributed by atoms with van der Waals surface area (Å²) in [6.07, 6.45) is 3.13. The van der Waals surface area contributed by atoms with Crippen molar-refractivity contribution in [1.82, 2.24) is 9.78 Å². The zero-order chi connectivity index (χ0) is 15.7. The normalized spacial score (nSPS) is 13.6. The van der Waals surface area contributed by atoms with E-state index >= 15 is 0 Å². The Hall–Kier alpha value is -2.63. The average Bonchev–Trinajstić information content (AvgIpc) is 2.52. The van der Waals surface area contributed by atoms with Crippen LogP contribution in [0.1, 0.15) is 39.9 Å². The Bertz CT molecular complexity index is 848. The van der Waals surface area contributed by atoms with Crippen molar-refractivity contribution >= 4 is 5.97 Å². The van der Waals surface area contributed by atoms with Crippen LogP contribution in [0.2, 0.25) is 0 Å². The van der Waals surface area contributed by atoms with Gasteiger partial charge in [-0.05, 0) is 43.4 Å². The monoisotopic (exact) mass is 300 g/mol. The number of aromatic carboxylic acids is 1. The number of benzene rings is 1. The van der Waals surface area contributed by atoms with Crippen LogP contribution in [0.4, 0.5) is 0 Å². The molecule has 0 saturated carbocycles. The summed E-state index contributed by atoms with van der Waals surface area (Å²) in [4.78, 5) is 35.6. The molecule has 1 aliphatic rings.